The molecular formula is C16H18ClFN2. The molecular weight excluding hydrogens is 275 g/mol. The van der Waals surface area contributed by atoms with Crippen LogP contribution in [0.15, 0.2) is 48.5 Å². The second-order valence-corrected chi connectivity index (χ2v) is 5.04. The van der Waals surface area contributed by atoms with Crippen LogP contribution in [-0.4, -0.2) is 13.1 Å². The highest BCUT2D eigenvalue weighted by molar-refractivity contribution is 6.30. The first-order valence-corrected chi connectivity index (χ1v) is 7.02. The zero-order chi connectivity index (χ0) is 14.2. The van der Waals surface area contributed by atoms with E-state index in [1.165, 1.54) is 17.7 Å². The summed E-state index contributed by atoms with van der Waals surface area (Å²) in [6.07, 6.45) is 0. The predicted octanol–water partition coefficient (Wildman–Crippen LogP) is 3.36. The summed E-state index contributed by atoms with van der Waals surface area (Å²) in [6, 6.07) is 14.4. The molecule has 2 nitrogen and oxygen atoms in total. The third-order valence-electron chi connectivity index (χ3n) is 2.96. The minimum Gasteiger partial charge on any atom is -0.311 e. The molecule has 2 aromatic carbocycles. The maximum atomic E-state index is 12.7. The van der Waals surface area contributed by atoms with Gasteiger partial charge in [-0.25, -0.2) is 4.39 Å². The topological polar surface area (TPSA) is 24.1 Å². The van der Waals surface area contributed by atoms with Crippen LogP contribution in [0.25, 0.3) is 0 Å². The van der Waals surface area contributed by atoms with E-state index in [0.717, 1.165) is 36.8 Å². The maximum absolute atomic E-state index is 12.7. The largest absolute Gasteiger partial charge is 0.311 e. The van der Waals surface area contributed by atoms with Crippen molar-refractivity contribution in [1.82, 2.24) is 10.6 Å². The minimum atomic E-state index is -0.196. The lowest BCUT2D eigenvalue weighted by molar-refractivity contribution is 0.607. The van der Waals surface area contributed by atoms with Crippen LogP contribution in [0, 0.1) is 5.82 Å². The molecule has 0 aliphatic carbocycles. The summed E-state index contributed by atoms with van der Waals surface area (Å²) >= 11 is 5.83. The van der Waals surface area contributed by atoms with Crippen molar-refractivity contribution in [3.8, 4) is 0 Å². The van der Waals surface area contributed by atoms with E-state index in [0.29, 0.717) is 0 Å². The molecule has 0 heterocycles. The predicted molar refractivity (Wildman–Crippen MR) is 81.3 cm³/mol. The van der Waals surface area contributed by atoms with Gasteiger partial charge in [-0.3, -0.25) is 0 Å². The molecule has 0 aromatic heterocycles. The van der Waals surface area contributed by atoms with Gasteiger partial charge < -0.3 is 10.6 Å². The normalized spacial score (nSPS) is 10.7. The number of nitrogens with one attached hydrogen (secondary N) is 2. The Hall–Kier alpha value is -1.42. The third kappa shape index (κ3) is 5.29. The van der Waals surface area contributed by atoms with Gasteiger partial charge in [-0.2, -0.15) is 0 Å². The fourth-order valence-corrected chi connectivity index (χ4v) is 1.97. The average Bonchev–Trinajstić information content (AvgIpc) is 2.46. The lowest BCUT2D eigenvalue weighted by Crippen LogP contribution is -2.26. The standard InChI is InChI=1S/C16H18ClFN2/c17-15-5-1-13(2-6-15)11-19-9-10-20-12-14-3-7-16(18)8-4-14/h1-8,19-20H,9-12H2. The van der Waals surface area contributed by atoms with Crippen LogP contribution in [-0.2, 0) is 13.1 Å². The van der Waals surface area contributed by atoms with Gasteiger partial charge in [-0.15, -0.1) is 0 Å². The molecule has 0 fully saturated rings. The monoisotopic (exact) mass is 292 g/mol. The van der Waals surface area contributed by atoms with Crippen molar-refractivity contribution in [2.75, 3.05) is 13.1 Å². The van der Waals surface area contributed by atoms with Crippen molar-refractivity contribution >= 4 is 11.6 Å². The Morgan fingerprint density at radius 3 is 1.70 bits per heavy atom. The Bertz CT molecular complexity index is 462. The van der Waals surface area contributed by atoms with Crippen LogP contribution < -0.4 is 10.6 Å². The van der Waals surface area contributed by atoms with Crippen molar-refractivity contribution in [3.63, 3.8) is 0 Å². The molecule has 2 aromatic rings. The first kappa shape index (κ1) is 15.0. The van der Waals surface area contributed by atoms with Crippen LogP contribution in [0.2, 0.25) is 5.02 Å². The number of rotatable bonds is 7. The minimum absolute atomic E-state index is 0.196. The lowest BCUT2D eigenvalue weighted by Gasteiger charge is -2.07. The molecule has 20 heavy (non-hydrogen) atoms. The zero-order valence-electron chi connectivity index (χ0n) is 11.2. The molecule has 0 spiro atoms. The van der Waals surface area contributed by atoms with E-state index in [2.05, 4.69) is 10.6 Å². The van der Waals surface area contributed by atoms with E-state index in [1.807, 2.05) is 24.3 Å². The first-order chi connectivity index (χ1) is 9.74. The summed E-state index contributed by atoms with van der Waals surface area (Å²) in [5.74, 6) is -0.196. The fraction of sp³-hybridized carbons (Fsp3) is 0.250. The van der Waals surface area contributed by atoms with Gasteiger partial charge in [0.15, 0.2) is 0 Å². The Balaban J connectivity index is 1.57. The molecule has 106 valence electrons. The molecule has 0 aliphatic rings. The van der Waals surface area contributed by atoms with Gasteiger partial charge in [0, 0.05) is 31.2 Å². The van der Waals surface area contributed by atoms with E-state index in [1.54, 1.807) is 12.1 Å². The summed E-state index contributed by atoms with van der Waals surface area (Å²) in [5, 5.41) is 7.42. The average molecular weight is 293 g/mol. The SMILES string of the molecule is Fc1ccc(CNCCNCc2ccc(Cl)cc2)cc1. The van der Waals surface area contributed by atoms with Crippen LogP contribution in [0.1, 0.15) is 11.1 Å². The van der Waals surface area contributed by atoms with Gasteiger partial charge in [0.25, 0.3) is 0 Å². The molecule has 0 radical (unpaired) electrons. The Morgan fingerprint density at radius 1 is 0.750 bits per heavy atom. The van der Waals surface area contributed by atoms with E-state index in [9.17, 15) is 4.39 Å². The molecule has 2 N–H and O–H groups in total. The highest BCUT2D eigenvalue weighted by atomic mass is 35.5. The number of halogens is 2. The van der Waals surface area contributed by atoms with E-state index in [-0.39, 0.29) is 5.82 Å². The molecule has 0 amide bonds. The van der Waals surface area contributed by atoms with Gasteiger partial charge in [0.05, 0.1) is 0 Å². The molecule has 0 atom stereocenters. The first-order valence-electron chi connectivity index (χ1n) is 6.64. The molecule has 2 rings (SSSR count). The second-order valence-electron chi connectivity index (χ2n) is 4.61. The third-order valence-corrected chi connectivity index (χ3v) is 3.22. The summed E-state index contributed by atoms with van der Waals surface area (Å²) in [6.45, 7) is 3.33. The van der Waals surface area contributed by atoms with Crippen LogP contribution >= 0.6 is 11.6 Å². The van der Waals surface area contributed by atoms with Gasteiger partial charge in [0.2, 0.25) is 0 Å². The molecule has 0 bridgehead atoms. The number of hydrogen-bond donors (Lipinski definition) is 2. The summed E-state index contributed by atoms with van der Waals surface area (Å²) in [7, 11) is 0. The lowest BCUT2D eigenvalue weighted by atomic mass is 10.2. The number of hydrogen-bond acceptors (Lipinski definition) is 2. The van der Waals surface area contributed by atoms with Gasteiger partial charge in [-0.1, -0.05) is 35.9 Å². The van der Waals surface area contributed by atoms with Crippen molar-refractivity contribution in [2.45, 2.75) is 13.1 Å². The zero-order valence-corrected chi connectivity index (χ0v) is 12.0. The second kappa shape index (κ2) is 8.00. The van der Waals surface area contributed by atoms with Crippen LogP contribution in [0.4, 0.5) is 4.39 Å². The van der Waals surface area contributed by atoms with E-state index < -0.39 is 0 Å². The Morgan fingerprint density at radius 2 is 1.20 bits per heavy atom. The molecule has 4 heteroatoms. The summed E-state index contributed by atoms with van der Waals surface area (Å²) in [4.78, 5) is 0. The number of benzene rings is 2. The smallest absolute Gasteiger partial charge is 0.123 e. The molecule has 0 saturated heterocycles. The Kier molecular flexibility index (Phi) is 5.99. The summed E-state index contributed by atoms with van der Waals surface area (Å²) in [5.41, 5.74) is 2.30. The molecule has 0 saturated carbocycles. The van der Waals surface area contributed by atoms with Crippen molar-refractivity contribution in [3.05, 3.63) is 70.5 Å². The highest BCUT2D eigenvalue weighted by Crippen LogP contribution is 2.08. The van der Waals surface area contributed by atoms with Gasteiger partial charge >= 0.3 is 0 Å². The van der Waals surface area contributed by atoms with Crippen LogP contribution in [0.5, 0.6) is 0 Å². The molecule has 0 aliphatic heterocycles. The van der Waals surface area contributed by atoms with Crippen LogP contribution in [0.3, 0.4) is 0 Å². The van der Waals surface area contributed by atoms with Gasteiger partial charge in [-0.05, 0) is 35.4 Å². The van der Waals surface area contributed by atoms with E-state index >= 15 is 0 Å². The maximum Gasteiger partial charge on any atom is 0.123 e. The Labute approximate surface area is 124 Å². The summed E-state index contributed by atoms with van der Waals surface area (Å²) < 4.78 is 12.7. The van der Waals surface area contributed by atoms with Crippen molar-refractivity contribution in [2.24, 2.45) is 0 Å². The quantitative estimate of drug-likeness (QED) is 0.765. The van der Waals surface area contributed by atoms with Gasteiger partial charge in [0.1, 0.15) is 5.82 Å². The fourth-order valence-electron chi connectivity index (χ4n) is 1.85. The van der Waals surface area contributed by atoms with Crippen molar-refractivity contribution < 1.29 is 4.39 Å². The highest BCUT2D eigenvalue weighted by Gasteiger charge is 1.95. The van der Waals surface area contributed by atoms with E-state index in [4.69, 9.17) is 11.6 Å². The van der Waals surface area contributed by atoms with Crippen molar-refractivity contribution in [1.29, 1.82) is 0 Å². The molecule has 0 unspecified atom stereocenters.